The number of amides is 2. The molecule has 31 heavy (non-hydrogen) atoms. The Bertz CT molecular complexity index is 1030. The largest absolute Gasteiger partial charge is 0.353 e. The van der Waals surface area contributed by atoms with Crippen LogP contribution in [0.4, 0.5) is 5.69 Å². The van der Waals surface area contributed by atoms with E-state index in [2.05, 4.69) is 10.0 Å². The highest BCUT2D eigenvalue weighted by Crippen LogP contribution is 2.21. The van der Waals surface area contributed by atoms with Crippen LogP contribution < -0.4 is 10.0 Å². The molecule has 0 bridgehead atoms. The van der Waals surface area contributed by atoms with E-state index >= 15 is 0 Å². The van der Waals surface area contributed by atoms with Gasteiger partial charge >= 0.3 is 0 Å². The number of nitrogens with one attached hydrogen (secondary N) is 2. The second kappa shape index (κ2) is 9.96. The van der Waals surface area contributed by atoms with Crippen LogP contribution in [0.5, 0.6) is 0 Å². The summed E-state index contributed by atoms with van der Waals surface area (Å²) < 4.78 is 25.5. The number of carbonyl (C=O) groups is 2. The monoisotopic (exact) mass is 443 g/mol. The number of piperidine rings is 1. The summed E-state index contributed by atoms with van der Waals surface area (Å²) in [5.74, 6) is -0.103. The minimum Gasteiger partial charge on any atom is -0.353 e. The minimum atomic E-state index is -3.42. The third-order valence-corrected chi connectivity index (χ3v) is 6.00. The number of aryl methyl sites for hydroxylation is 2. The third kappa shape index (κ3) is 6.82. The second-order valence-electron chi connectivity index (χ2n) is 8.02. The number of nitrogens with zero attached hydrogens (tertiary/aromatic N) is 1. The highest BCUT2D eigenvalue weighted by molar-refractivity contribution is 7.92. The summed E-state index contributed by atoms with van der Waals surface area (Å²) >= 11 is 0. The molecule has 0 aromatic heterocycles. The van der Waals surface area contributed by atoms with Gasteiger partial charge in [0.2, 0.25) is 15.9 Å². The highest BCUT2D eigenvalue weighted by atomic mass is 32.2. The van der Waals surface area contributed by atoms with Crippen molar-refractivity contribution in [1.29, 1.82) is 0 Å². The first-order chi connectivity index (χ1) is 14.7. The van der Waals surface area contributed by atoms with Gasteiger partial charge in [-0.1, -0.05) is 36.4 Å². The number of hydrogen-bond donors (Lipinski definition) is 2. The summed E-state index contributed by atoms with van der Waals surface area (Å²) in [6.45, 7) is 2.88. The molecule has 0 radical (unpaired) electrons. The van der Waals surface area contributed by atoms with Gasteiger partial charge in [-0.2, -0.15) is 0 Å². The molecule has 0 atom stereocenters. The lowest BCUT2D eigenvalue weighted by Crippen LogP contribution is -2.46. The zero-order valence-electron chi connectivity index (χ0n) is 17.9. The summed E-state index contributed by atoms with van der Waals surface area (Å²) in [7, 11) is -3.42. The van der Waals surface area contributed by atoms with Crippen LogP contribution in [-0.4, -0.2) is 50.5 Å². The maximum atomic E-state index is 12.9. The van der Waals surface area contributed by atoms with Crippen molar-refractivity contribution < 1.29 is 18.0 Å². The predicted molar refractivity (Wildman–Crippen MR) is 121 cm³/mol. The molecule has 2 aromatic rings. The van der Waals surface area contributed by atoms with E-state index in [-0.39, 0.29) is 17.9 Å². The van der Waals surface area contributed by atoms with Crippen molar-refractivity contribution in [3.05, 3.63) is 65.2 Å². The Balaban J connectivity index is 1.50. The van der Waals surface area contributed by atoms with Crippen molar-refractivity contribution >= 4 is 27.5 Å². The van der Waals surface area contributed by atoms with Crippen molar-refractivity contribution in [3.8, 4) is 0 Å². The first-order valence-corrected chi connectivity index (χ1v) is 12.3. The molecule has 1 saturated heterocycles. The van der Waals surface area contributed by atoms with Crippen molar-refractivity contribution in [3.63, 3.8) is 0 Å². The summed E-state index contributed by atoms with van der Waals surface area (Å²) in [6.07, 6.45) is 3.63. The van der Waals surface area contributed by atoms with Gasteiger partial charge in [-0.25, -0.2) is 8.42 Å². The van der Waals surface area contributed by atoms with Crippen LogP contribution in [0.25, 0.3) is 0 Å². The van der Waals surface area contributed by atoms with Crippen molar-refractivity contribution in [2.24, 2.45) is 0 Å². The van der Waals surface area contributed by atoms with Crippen molar-refractivity contribution in [2.75, 3.05) is 24.1 Å². The van der Waals surface area contributed by atoms with Gasteiger partial charge in [-0.15, -0.1) is 0 Å². The Kier molecular flexibility index (Phi) is 7.33. The molecule has 1 aliphatic heterocycles. The number of anilines is 1. The Hall–Kier alpha value is -2.87. The molecule has 166 valence electrons. The van der Waals surface area contributed by atoms with Gasteiger partial charge in [0.15, 0.2) is 0 Å². The molecule has 2 N–H and O–H groups in total. The van der Waals surface area contributed by atoms with Gasteiger partial charge in [0.25, 0.3) is 5.91 Å². The molecule has 0 saturated carbocycles. The lowest BCUT2D eigenvalue weighted by molar-refractivity contribution is -0.122. The highest BCUT2D eigenvalue weighted by Gasteiger charge is 2.25. The average molecular weight is 444 g/mol. The molecule has 3 rings (SSSR count). The number of hydrogen-bond acceptors (Lipinski definition) is 4. The second-order valence-corrected chi connectivity index (χ2v) is 9.77. The molecule has 0 unspecified atom stereocenters. The van der Waals surface area contributed by atoms with Crippen LogP contribution >= 0.6 is 0 Å². The Morgan fingerprint density at radius 1 is 1.06 bits per heavy atom. The Morgan fingerprint density at radius 3 is 2.39 bits per heavy atom. The normalized spacial score (nSPS) is 14.8. The Morgan fingerprint density at radius 2 is 1.74 bits per heavy atom. The zero-order chi connectivity index (χ0) is 22.4. The van der Waals surface area contributed by atoms with Crippen LogP contribution in [0, 0.1) is 6.92 Å². The number of rotatable bonds is 7. The topological polar surface area (TPSA) is 95.6 Å². The zero-order valence-corrected chi connectivity index (χ0v) is 18.7. The summed E-state index contributed by atoms with van der Waals surface area (Å²) in [4.78, 5) is 26.9. The number of carbonyl (C=O) groups excluding carboxylic acids is 2. The lowest BCUT2D eigenvalue weighted by Gasteiger charge is -2.32. The summed E-state index contributed by atoms with van der Waals surface area (Å²) in [5.41, 5.74) is 2.75. The van der Waals surface area contributed by atoms with Crippen LogP contribution in [0.2, 0.25) is 0 Å². The number of likely N-dealkylation sites (tertiary alicyclic amines) is 1. The van der Waals surface area contributed by atoms with Crippen LogP contribution in [-0.2, 0) is 21.2 Å². The molecular weight excluding hydrogens is 414 g/mol. The fourth-order valence-corrected chi connectivity index (χ4v) is 4.30. The Labute approximate surface area is 183 Å². The van der Waals surface area contributed by atoms with Gasteiger partial charge in [0.1, 0.15) is 0 Å². The van der Waals surface area contributed by atoms with E-state index in [4.69, 9.17) is 0 Å². The first kappa shape index (κ1) is 22.8. The standard InChI is InChI=1S/C23H29N3O4S/c1-17-8-10-19(16-21(17)25-31(2,29)30)23(28)26-14-12-20(13-15-26)24-22(27)11-9-18-6-4-3-5-7-18/h3-8,10,16,20,25H,9,11-15H2,1-2H3,(H,24,27). The maximum Gasteiger partial charge on any atom is 0.253 e. The van der Waals surface area contributed by atoms with Gasteiger partial charge < -0.3 is 10.2 Å². The van der Waals surface area contributed by atoms with Gasteiger partial charge in [-0.05, 0) is 49.4 Å². The van der Waals surface area contributed by atoms with E-state index in [1.165, 1.54) is 0 Å². The van der Waals surface area contributed by atoms with E-state index in [1.807, 2.05) is 30.3 Å². The molecule has 7 nitrogen and oxygen atoms in total. The molecule has 0 spiro atoms. The molecule has 8 heteroatoms. The van der Waals surface area contributed by atoms with E-state index < -0.39 is 10.0 Å². The fourth-order valence-electron chi connectivity index (χ4n) is 3.68. The first-order valence-electron chi connectivity index (χ1n) is 10.4. The van der Waals surface area contributed by atoms with Crippen LogP contribution in [0.3, 0.4) is 0 Å². The van der Waals surface area contributed by atoms with Gasteiger partial charge in [0, 0.05) is 31.1 Å². The van der Waals surface area contributed by atoms with Crippen LogP contribution in [0.15, 0.2) is 48.5 Å². The molecule has 1 aliphatic rings. The van der Waals surface area contributed by atoms with E-state index in [9.17, 15) is 18.0 Å². The molecular formula is C23H29N3O4S. The van der Waals surface area contributed by atoms with E-state index in [0.717, 1.165) is 17.4 Å². The SMILES string of the molecule is Cc1ccc(C(=O)N2CCC(NC(=O)CCc3ccccc3)CC2)cc1NS(C)(=O)=O. The molecule has 1 heterocycles. The number of benzene rings is 2. The average Bonchev–Trinajstić information content (AvgIpc) is 2.74. The smallest absolute Gasteiger partial charge is 0.253 e. The van der Waals surface area contributed by atoms with Crippen molar-refractivity contribution in [1.82, 2.24) is 10.2 Å². The quantitative estimate of drug-likeness (QED) is 0.688. The fraction of sp³-hybridized carbons (Fsp3) is 0.391. The summed E-state index contributed by atoms with van der Waals surface area (Å²) in [5, 5.41) is 3.08. The summed E-state index contributed by atoms with van der Waals surface area (Å²) in [6, 6.07) is 15.0. The number of sulfonamides is 1. The van der Waals surface area contributed by atoms with Crippen molar-refractivity contribution in [2.45, 2.75) is 38.6 Å². The molecule has 2 amide bonds. The molecule has 2 aromatic carbocycles. The predicted octanol–water partition coefficient (Wildman–Crippen LogP) is 2.72. The maximum absolute atomic E-state index is 12.9. The van der Waals surface area contributed by atoms with Gasteiger partial charge in [-0.3, -0.25) is 14.3 Å². The van der Waals surface area contributed by atoms with Crippen LogP contribution in [0.1, 0.15) is 40.7 Å². The third-order valence-electron chi connectivity index (χ3n) is 5.41. The van der Waals surface area contributed by atoms with E-state index in [0.29, 0.717) is 50.0 Å². The van der Waals surface area contributed by atoms with Gasteiger partial charge in [0.05, 0.1) is 11.9 Å². The molecule has 0 aliphatic carbocycles. The minimum absolute atomic E-state index is 0.0312. The van der Waals surface area contributed by atoms with E-state index in [1.54, 1.807) is 30.0 Å². The lowest BCUT2D eigenvalue weighted by atomic mass is 10.0. The molecule has 1 fully saturated rings.